The van der Waals surface area contributed by atoms with Crippen molar-refractivity contribution < 1.29 is 19.1 Å². The topological polar surface area (TPSA) is 75.7 Å². The molecule has 6 heteroatoms. The lowest BCUT2D eigenvalue weighted by Gasteiger charge is -2.30. The number of benzene rings is 2. The number of Topliss-reactive ketones (excluding diaryl/α,β-unsaturated/α-hetero) is 1. The van der Waals surface area contributed by atoms with Gasteiger partial charge in [0.05, 0.1) is 13.2 Å². The summed E-state index contributed by atoms with van der Waals surface area (Å²) < 4.78 is 5.31. The van der Waals surface area contributed by atoms with E-state index in [9.17, 15) is 14.4 Å². The number of rotatable bonds is 8. The quantitative estimate of drug-likeness (QED) is 0.693. The molecule has 0 bridgehead atoms. The Morgan fingerprint density at radius 3 is 2.10 bits per heavy atom. The van der Waals surface area contributed by atoms with E-state index < -0.39 is 17.7 Å². The molecule has 152 valence electrons. The van der Waals surface area contributed by atoms with Crippen molar-refractivity contribution in [2.45, 2.75) is 25.3 Å². The van der Waals surface area contributed by atoms with Gasteiger partial charge in [-0.25, -0.2) is 0 Å². The molecular weight excluding hydrogens is 368 g/mol. The second-order valence-electron chi connectivity index (χ2n) is 7.06. The average Bonchev–Trinajstić information content (AvgIpc) is 2.78. The third-order valence-electron chi connectivity index (χ3n) is 4.95. The van der Waals surface area contributed by atoms with Crippen molar-refractivity contribution in [3.05, 3.63) is 71.8 Å². The Morgan fingerprint density at radius 1 is 0.897 bits per heavy atom. The van der Waals surface area contributed by atoms with Crippen molar-refractivity contribution >= 4 is 17.6 Å². The van der Waals surface area contributed by atoms with Gasteiger partial charge in [-0.15, -0.1) is 0 Å². The standard InChI is InChI=1S/C23H26N2O4/c26-21(12-11-18-7-3-1-4-8-18)22(27)24-20(17-19-9-5-2-6-10-19)23(28)25-13-15-29-16-14-25/h1-10,20H,11-17H2,(H,24,27). The van der Waals surface area contributed by atoms with Crippen molar-refractivity contribution in [1.82, 2.24) is 10.2 Å². The van der Waals surface area contributed by atoms with Crippen molar-refractivity contribution in [3.8, 4) is 0 Å². The Morgan fingerprint density at radius 2 is 1.48 bits per heavy atom. The summed E-state index contributed by atoms with van der Waals surface area (Å²) in [6.07, 6.45) is 0.947. The fourth-order valence-corrected chi connectivity index (χ4v) is 3.31. The fraction of sp³-hybridized carbons (Fsp3) is 0.348. The fourth-order valence-electron chi connectivity index (χ4n) is 3.31. The van der Waals surface area contributed by atoms with Crippen LogP contribution in [0.3, 0.4) is 0 Å². The second-order valence-corrected chi connectivity index (χ2v) is 7.06. The molecule has 1 atom stereocenters. The van der Waals surface area contributed by atoms with Crippen LogP contribution in [0.25, 0.3) is 0 Å². The maximum Gasteiger partial charge on any atom is 0.288 e. The summed E-state index contributed by atoms with van der Waals surface area (Å²) in [5, 5.41) is 2.68. The number of carbonyl (C=O) groups excluding carboxylic acids is 3. The first-order valence-corrected chi connectivity index (χ1v) is 9.91. The predicted molar refractivity (Wildman–Crippen MR) is 109 cm³/mol. The largest absolute Gasteiger partial charge is 0.378 e. The summed E-state index contributed by atoms with van der Waals surface area (Å²) in [6, 6.07) is 18.3. The van der Waals surface area contributed by atoms with Crippen LogP contribution in [0.2, 0.25) is 0 Å². The minimum absolute atomic E-state index is 0.111. The first-order chi connectivity index (χ1) is 14.1. The van der Waals surface area contributed by atoms with Gasteiger partial charge in [0.2, 0.25) is 11.7 Å². The molecule has 29 heavy (non-hydrogen) atoms. The Bertz CT molecular complexity index is 817. The first-order valence-electron chi connectivity index (χ1n) is 9.91. The van der Waals surface area contributed by atoms with E-state index in [1.54, 1.807) is 4.90 Å². The van der Waals surface area contributed by atoms with Crippen LogP contribution < -0.4 is 5.32 Å². The summed E-state index contributed by atoms with van der Waals surface area (Å²) in [7, 11) is 0. The van der Waals surface area contributed by atoms with Gasteiger partial charge >= 0.3 is 0 Å². The number of amides is 2. The molecule has 1 unspecified atom stereocenters. The molecular formula is C23H26N2O4. The summed E-state index contributed by atoms with van der Waals surface area (Å²) in [6.45, 7) is 1.94. The first kappa shape index (κ1) is 20.7. The zero-order chi connectivity index (χ0) is 20.5. The monoisotopic (exact) mass is 394 g/mol. The Balaban J connectivity index is 1.63. The van der Waals surface area contributed by atoms with Crippen LogP contribution in [0.1, 0.15) is 17.5 Å². The van der Waals surface area contributed by atoms with Gasteiger partial charge in [-0.05, 0) is 17.5 Å². The van der Waals surface area contributed by atoms with Gasteiger partial charge in [0, 0.05) is 25.9 Å². The van der Waals surface area contributed by atoms with Gasteiger partial charge in [-0.3, -0.25) is 14.4 Å². The molecule has 1 aliphatic rings. The lowest BCUT2D eigenvalue weighted by molar-refractivity contribution is -0.143. The van der Waals surface area contributed by atoms with Crippen LogP contribution in [0.15, 0.2) is 60.7 Å². The van der Waals surface area contributed by atoms with E-state index in [-0.39, 0.29) is 12.3 Å². The molecule has 2 amide bonds. The molecule has 1 aliphatic heterocycles. The zero-order valence-electron chi connectivity index (χ0n) is 16.4. The number of ketones is 1. The highest BCUT2D eigenvalue weighted by atomic mass is 16.5. The lowest BCUT2D eigenvalue weighted by Crippen LogP contribution is -2.53. The van der Waals surface area contributed by atoms with Crippen molar-refractivity contribution in [2.24, 2.45) is 0 Å². The maximum atomic E-state index is 13.0. The highest BCUT2D eigenvalue weighted by Crippen LogP contribution is 2.09. The zero-order valence-corrected chi connectivity index (χ0v) is 16.4. The molecule has 0 radical (unpaired) electrons. The highest BCUT2D eigenvalue weighted by Gasteiger charge is 2.29. The van der Waals surface area contributed by atoms with E-state index in [0.29, 0.717) is 39.1 Å². The minimum atomic E-state index is -0.774. The molecule has 1 saturated heterocycles. The Labute approximate surface area is 170 Å². The number of ether oxygens (including phenoxy) is 1. The summed E-state index contributed by atoms with van der Waals surface area (Å²) in [5.41, 5.74) is 1.93. The third kappa shape index (κ3) is 6.26. The summed E-state index contributed by atoms with van der Waals surface area (Å²) in [5.74, 6) is -1.40. The van der Waals surface area contributed by atoms with Crippen molar-refractivity contribution in [1.29, 1.82) is 0 Å². The van der Waals surface area contributed by atoms with E-state index in [2.05, 4.69) is 5.32 Å². The average molecular weight is 394 g/mol. The van der Waals surface area contributed by atoms with Gasteiger partial charge in [0.25, 0.3) is 5.91 Å². The second kappa shape index (κ2) is 10.5. The van der Waals surface area contributed by atoms with E-state index >= 15 is 0 Å². The summed E-state index contributed by atoms with van der Waals surface area (Å²) in [4.78, 5) is 39.5. The molecule has 1 heterocycles. The normalized spacial score (nSPS) is 14.8. The predicted octanol–water partition coefficient (Wildman–Crippen LogP) is 1.77. The number of morpholine rings is 1. The summed E-state index contributed by atoms with van der Waals surface area (Å²) >= 11 is 0. The van der Waals surface area contributed by atoms with E-state index in [1.807, 2.05) is 60.7 Å². The van der Waals surface area contributed by atoms with Crippen molar-refractivity contribution in [2.75, 3.05) is 26.3 Å². The highest BCUT2D eigenvalue weighted by molar-refractivity contribution is 6.36. The van der Waals surface area contributed by atoms with Gasteiger partial charge in [0.15, 0.2) is 0 Å². The molecule has 6 nitrogen and oxygen atoms in total. The number of carbonyl (C=O) groups is 3. The Hall–Kier alpha value is -2.99. The van der Waals surface area contributed by atoms with E-state index in [1.165, 1.54) is 0 Å². The Kier molecular flexibility index (Phi) is 7.53. The maximum absolute atomic E-state index is 13.0. The number of hydrogen-bond donors (Lipinski definition) is 1. The van der Waals surface area contributed by atoms with Crippen LogP contribution in [0.5, 0.6) is 0 Å². The van der Waals surface area contributed by atoms with Crippen LogP contribution >= 0.6 is 0 Å². The molecule has 2 aromatic rings. The lowest BCUT2D eigenvalue weighted by atomic mass is 10.0. The number of aryl methyl sites for hydroxylation is 1. The number of hydrogen-bond acceptors (Lipinski definition) is 4. The van der Waals surface area contributed by atoms with E-state index in [4.69, 9.17) is 4.74 Å². The molecule has 3 rings (SSSR count). The van der Waals surface area contributed by atoms with Gasteiger partial charge in [-0.2, -0.15) is 0 Å². The van der Waals surface area contributed by atoms with Crippen molar-refractivity contribution in [3.63, 3.8) is 0 Å². The van der Waals surface area contributed by atoms with Crippen LogP contribution in [0.4, 0.5) is 0 Å². The van der Waals surface area contributed by atoms with Gasteiger partial charge in [0.1, 0.15) is 6.04 Å². The molecule has 1 fully saturated rings. The van der Waals surface area contributed by atoms with Crippen LogP contribution in [-0.4, -0.2) is 54.8 Å². The van der Waals surface area contributed by atoms with E-state index in [0.717, 1.165) is 11.1 Å². The molecule has 0 spiro atoms. The molecule has 1 N–H and O–H groups in total. The molecule has 0 aliphatic carbocycles. The number of nitrogens with one attached hydrogen (secondary N) is 1. The third-order valence-corrected chi connectivity index (χ3v) is 4.95. The molecule has 0 aromatic heterocycles. The molecule has 0 saturated carbocycles. The van der Waals surface area contributed by atoms with Crippen LogP contribution in [0, 0.1) is 0 Å². The SMILES string of the molecule is O=C(CCc1ccccc1)C(=O)NC(Cc1ccccc1)C(=O)N1CCOCC1. The number of nitrogens with zero attached hydrogens (tertiary/aromatic N) is 1. The molecule has 2 aromatic carbocycles. The minimum Gasteiger partial charge on any atom is -0.378 e. The smallest absolute Gasteiger partial charge is 0.288 e. The van der Waals surface area contributed by atoms with Crippen LogP contribution in [-0.2, 0) is 32.0 Å². The van der Waals surface area contributed by atoms with Gasteiger partial charge < -0.3 is 15.0 Å². The van der Waals surface area contributed by atoms with Gasteiger partial charge in [-0.1, -0.05) is 60.7 Å².